The van der Waals surface area contributed by atoms with E-state index in [0.29, 0.717) is 32.9 Å². The zero-order chi connectivity index (χ0) is 21.0. The Balaban J connectivity index is 1.61. The van der Waals surface area contributed by atoms with Gasteiger partial charge in [0.15, 0.2) is 0 Å². The van der Waals surface area contributed by atoms with Crippen molar-refractivity contribution in [2.75, 3.05) is 30.5 Å². The van der Waals surface area contributed by atoms with E-state index in [2.05, 4.69) is 5.32 Å². The maximum absolute atomic E-state index is 12.9. The topological polar surface area (TPSA) is 69.7 Å². The Morgan fingerprint density at radius 3 is 2.55 bits per heavy atom. The standard InChI is InChI=1S/C20H19Cl2N3O3S/c1-24(10-18(26)23-14-7-8-15(21)16(22)9-14)20(28)17-11-29-12-25(17)19(27)13-5-3-2-4-6-13/h2-9,17H,10-12H2,1H3,(H,23,26)/t17-/m0/s1. The Hall–Kier alpha value is -2.22. The van der Waals surface area contributed by atoms with Crippen LogP contribution in [-0.2, 0) is 9.59 Å². The largest absolute Gasteiger partial charge is 0.335 e. The lowest BCUT2D eigenvalue weighted by molar-refractivity contribution is -0.136. The maximum atomic E-state index is 12.9. The summed E-state index contributed by atoms with van der Waals surface area (Å²) in [5, 5.41) is 3.40. The van der Waals surface area contributed by atoms with Gasteiger partial charge in [-0.25, -0.2) is 0 Å². The molecule has 6 nitrogen and oxygen atoms in total. The van der Waals surface area contributed by atoms with E-state index in [1.165, 1.54) is 22.7 Å². The fourth-order valence-corrected chi connectivity index (χ4v) is 4.36. The van der Waals surface area contributed by atoms with Crippen LogP contribution in [0.3, 0.4) is 0 Å². The first-order valence-corrected chi connectivity index (χ1v) is 10.7. The normalized spacial score (nSPS) is 15.8. The number of thioether (sulfide) groups is 1. The molecule has 0 saturated carbocycles. The van der Waals surface area contributed by atoms with Gasteiger partial charge < -0.3 is 15.1 Å². The van der Waals surface area contributed by atoms with Crippen molar-refractivity contribution in [1.82, 2.24) is 9.80 Å². The van der Waals surface area contributed by atoms with Gasteiger partial charge in [0.05, 0.1) is 22.5 Å². The fourth-order valence-electron chi connectivity index (χ4n) is 2.92. The van der Waals surface area contributed by atoms with Crippen molar-refractivity contribution in [2.24, 2.45) is 0 Å². The molecular formula is C20H19Cl2N3O3S. The third-order valence-corrected chi connectivity index (χ3v) is 6.16. The first-order valence-electron chi connectivity index (χ1n) is 8.80. The predicted octanol–water partition coefficient (Wildman–Crippen LogP) is 3.61. The highest BCUT2D eigenvalue weighted by Gasteiger charge is 2.36. The molecule has 1 fully saturated rings. The van der Waals surface area contributed by atoms with Crippen LogP contribution in [0.4, 0.5) is 5.69 Å². The first kappa shape index (κ1) is 21.5. The van der Waals surface area contributed by atoms with Crippen molar-refractivity contribution >= 4 is 58.4 Å². The molecule has 1 aliphatic heterocycles. The highest BCUT2D eigenvalue weighted by atomic mass is 35.5. The zero-order valence-electron chi connectivity index (χ0n) is 15.6. The van der Waals surface area contributed by atoms with E-state index in [1.54, 1.807) is 48.3 Å². The van der Waals surface area contributed by atoms with E-state index in [4.69, 9.17) is 23.2 Å². The minimum Gasteiger partial charge on any atom is -0.335 e. The number of likely N-dealkylation sites (N-methyl/N-ethyl adjacent to an activating group) is 1. The Morgan fingerprint density at radius 2 is 1.86 bits per heavy atom. The molecule has 3 rings (SSSR count). The van der Waals surface area contributed by atoms with Gasteiger partial charge in [-0.3, -0.25) is 14.4 Å². The summed E-state index contributed by atoms with van der Waals surface area (Å²) in [6.07, 6.45) is 0. The molecule has 0 spiro atoms. The minimum atomic E-state index is -0.601. The lowest BCUT2D eigenvalue weighted by atomic mass is 10.1. The average Bonchev–Trinajstić information content (AvgIpc) is 3.20. The van der Waals surface area contributed by atoms with Crippen molar-refractivity contribution < 1.29 is 14.4 Å². The number of carbonyl (C=O) groups excluding carboxylic acids is 3. The summed E-state index contributed by atoms with van der Waals surface area (Å²) < 4.78 is 0. The van der Waals surface area contributed by atoms with Gasteiger partial charge in [-0.2, -0.15) is 0 Å². The number of anilines is 1. The van der Waals surface area contributed by atoms with E-state index in [-0.39, 0.29) is 24.3 Å². The molecule has 0 bridgehead atoms. The number of benzene rings is 2. The number of hydrogen-bond acceptors (Lipinski definition) is 4. The molecule has 1 N–H and O–H groups in total. The molecule has 1 heterocycles. The fraction of sp³-hybridized carbons (Fsp3) is 0.250. The lowest BCUT2D eigenvalue weighted by Gasteiger charge is -2.27. The molecule has 0 radical (unpaired) electrons. The average molecular weight is 452 g/mol. The number of amides is 3. The first-order chi connectivity index (χ1) is 13.9. The molecule has 3 amide bonds. The molecule has 0 unspecified atom stereocenters. The van der Waals surface area contributed by atoms with E-state index in [1.807, 2.05) is 6.07 Å². The second-order valence-electron chi connectivity index (χ2n) is 6.53. The van der Waals surface area contributed by atoms with Gasteiger partial charge in [-0.05, 0) is 30.3 Å². The molecular weight excluding hydrogens is 433 g/mol. The molecule has 9 heteroatoms. The minimum absolute atomic E-state index is 0.145. The Labute approximate surface area is 183 Å². The van der Waals surface area contributed by atoms with Gasteiger partial charge >= 0.3 is 0 Å². The number of nitrogens with one attached hydrogen (secondary N) is 1. The van der Waals surface area contributed by atoms with Crippen molar-refractivity contribution in [3.8, 4) is 0 Å². The van der Waals surface area contributed by atoms with E-state index in [9.17, 15) is 14.4 Å². The van der Waals surface area contributed by atoms with Crippen LogP contribution >= 0.6 is 35.0 Å². The second-order valence-corrected chi connectivity index (χ2v) is 8.34. The van der Waals surface area contributed by atoms with E-state index in [0.717, 1.165) is 0 Å². The third-order valence-electron chi connectivity index (χ3n) is 4.41. The molecule has 29 heavy (non-hydrogen) atoms. The number of rotatable bonds is 5. The van der Waals surface area contributed by atoms with Gasteiger partial charge in [0.1, 0.15) is 6.04 Å². The lowest BCUT2D eigenvalue weighted by Crippen LogP contribution is -2.49. The Bertz CT molecular complexity index is 926. The number of hydrogen-bond donors (Lipinski definition) is 1. The number of carbonyl (C=O) groups is 3. The van der Waals surface area contributed by atoms with Crippen LogP contribution in [0, 0.1) is 0 Å². The summed E-state index contributed by atoms with van der Waals surface area (Å²) in [6.45, 7) is -0.145. The van der Waals surface area contributed by atoms with Crippen molar-refractivity contribution in [3.63, 3.8) is 0 Å². The summed E-state index contributed by atoms with van der Waals surface area (Å²) in [5.41, 5.74) is 1.02. The van der Waals surface area contributed by atoms with Crippen LogP contribution in [-0.4, -0.2) is 58.8 Å². The summed E-state index contributed by atoms with van der Waals surface area (Å²) in [7, 11) is 1.55. The van der Waals surface area contributed by atoms with Crippen LogP contribution < -0.4 is 5.32 Å². The Kier molecular flexibility index (Phi) is 7.05. The summed E-state index contributed by atoms with van der Waals surface area (Å²) >= 11 is 13.3. The van der Waals surface area contributed by atoms with Crippen LogP contribution in [0.25, 0.3) is 0 Å². The molecule has 1 atom stereocenters. The smallest absolute Gasteiger partial charge is 0.255 e. The van der Waals surface area contributed by atoms with Crippen molar-refractivity contribution in [2.45, 2.75) is 6.04 Å². The number of halogens is 2. The summed E-state index contributed by atoms with van der Waals surface area (Å²) in [5.74, 6) is 0.0980. The molecule has 2 aromatic rings. The van der Waals surface area contributed by atoms with Gasteiger partial charge in [0.2, 0.25) is 11.8 Å². The van der Waals surface area contributed by atoms with Crippen molar-refractivity contribution in [3.05, 3.63) is 64.1 Å². The Morgan fingerprint density at radius 1 is 1.14 bits per heavy atom. The van der Waals surface area contributed by atoms with E-state index < -0.39 is 6.04 Å². The molecule has 1 saturated heterocycles. The van der Waals surface area contributed by atoms with Crippen molar-refractivity contribution in [1.29, 1.82) is 0 Å². The van der Waals surface area contributed by atoms with Gasteiger partial charge in [0.25, 0.3) is 5.91 Å². The zero-order valence-corrected chi connectivity index (χ0v) is 17.9. The molecule has 0 aliphatic carbocycles. The highest BCUT2D eigenvalue weighted by Crippen LogP contribution is 2.26. The quantitative estimate of drug-likeness (QED) is 0.753. The van der Waals surface area contributed by atoms with Crippen LogP contribution in [0.1, 0.15) is 10.4 Å². The molecule has 2 aromatic carbocycles. The van der Waals surface area contributed by atoms with E-state index >= 15 is 0 Å². The monoisotopic (exact) mass is 451 g/mol. The molecule has 0 aromatic heterocycles. The highest BCUT2D eigenvalue weighted by molar-refractivity contribution is 7.99. The molecule has 152 valence electrons. The number of nitrogens with zero attached hydrogens (tertiary/aromatic N) is 2. The second kappa shape index (κ2) is 9.52. The predicted molar refractivity (Wildman–Crippen MR) is 116 cm³/mol. The van der Waals surface area contributed by atoms with Gasteiger partial charge in [0, 0.05) is 24.1 Å². The maximum Gasteiger partial charge on any atom is 0.255 e. The third kappa shape index (κ3) is 5.23. The van der Waals surface area contributed by atoms with Gasteiger partial charge in [-0.1, -0.05) is 41.4 Å². The van der Waals surface area contributed by atoms with Crippen LogP contribution in [0.2, 0.25) is 10.0 Å². The molecule has 1 aliphatic rings. The summed E-state index contributed by atoms with van der Waals surface area (Å²) in [6, 6.07) is 13.0. The van der Waals surface area contributed by atoms with Gasteiger partial charge in [-0.15, -0.1) is 11.8 Å². The van der Waals surface area contributed by atoms with Crippen LogP contribution in [0.15, 0.2) is 48.5 Å². The van der Waals surface area contributed by atoms with Crippen LogP contribution in [0.5, 0.6) is 0 Å². The summed E-state index contributed by atoms with van der Waals surface area (Å²) in [4.78, 5) is 40.8. The SMILES string of the molecule is CN(CC(=O)Nc1ccc(Cl)c(Cl)c1)C(=O)[C@@H]1CSCN1C(=O)c1ccccc1.